The van der Waals surface area contributed by atoms with Gasteiger partial charge < -0.3 is 57.3 Å². The molecule has 1 aliphatic heterocycles. The van der Waals surface area contributed by atoms with Crippen molar-refractivity contribution in [3.63, 3.8) is 0 Å². The van der Waals surface area contributed by atoms with E-state index >= 15 is 0 Å². The Morgan fingerprint density at radius 1 is 0.788 bits per heavy atom. The van der Waals surface area contributed by atoms with E-state index in [1.165, 1.54) is 0 Å². The van der Waals surface area contributed by atoms with Crippen LogP contribution in [0.15, 0.2) is 0 Å². The van der Waals surface area contributed by atoms with Crippen LogP contribution < -0.4 is 27.0 Å². The Hall–Kier alpha value is -2.89. The minimum Gasteiger partial charge on any atom is -0.480 e. The van der Waals surface area contributed by atoms with Crippen molar-refractivity contribution in [3.05, 3.63) is 0 Å². The van der Waals surface area contributed by atoms with Gasteiger partial charge in [0.1, 0.15) is 37.0 Å². The lowest BCUT2D eigenvalue weighted by atomic mass is 9.93. The second kappa shape index (κ2) is 13.6. The van der Waals surface area contributed by atoms with Gasteiger partial charge in [-0.15, -0.1) is 0 Å². The van der Waals surface area contributed by atoms with Crippen molar-refractivity contribution in [3.8, 4) is 0 Å². The Morgan fingerprint density at radius 2 is 1.33 bits per heavy atom. The van der Waals surface area contributed by atoms with Crippen LogP contribution in [0.1, 0.15) is 6.42 Å². The number of rotatable bonds is 12. The number of carboxylic acids is 1. The summed E-state index contributed by atoms with van der Waals surface area (Å²) in [5.41, 5.74) is 5.62. The summed E-state index contributed by atoms with van der Waals surface area (Å²) in [5, 5.41) is 55.6. The first-order valence-corrected chi connectivity index (χ1v) is 9.81. The normalized spacial score (nSPS) is 25.4. The lowest BCUT2D eigenvalue weighted by Gasteiger charge is -2.39. The molecule has 16 nitrogen and oxygen atoms in total. The molecule has 1 aliphatic rings. The number of ether oxygens (including phenoxy) is 1. The third-order valence-corrected chi connectivity index (χ3v) is 4.54. The van der Waals surface area contributed by atoms with E-state index in [1.54, 1.807) is 0 Å². The molecule has 0 spiro atoms. The monoisotopic (exact) mass is 479 g/mol. The number of carbonyl (C=O) groups excluding carboxylic acids is 4. The third-order valence-electron chi connectivity index (χ3n) is 4.54. The fourth-order valence-electron chi connectivity index (χ4n) is 2.70. The van der Waals surface area contributed by atoms with Gasteiger partial charge in [-0.3, -0.25) is 24.0 Å². The smallest absolute Gasteiger partial charge is 0.322 e. The maximum Gasteiger partial charge on any atom is 0.322 e. The van der Waals surface area contributed by atoms with Crippen molar-refractivity contribution in [1.29, 1.82) is 0 Å². The van der Waals surface area contributed by atoms with E-state index < -0.39 is 98.8 Å². The van der Waals surface area contributed by atoms with Crippen molar-refractivity contribution in [2.24, 2.45) is 5.73 Å². The zero-order valence-electron chi connectivity index (χ0n) is 17.5. The average Bonchev–Trinajstić information content (AvgIpc) is 2.78. The molecule has 4 amide bonds. The van der Waals surface area contributed by atoms with Crippen LogP contribution in [0.5, 0.6) is 0 Å². The maximum atomic E-state index is 12.0. The highest BCUT2D eigenvalue weighted by molar-refractivity contribution is 5.90. The Bertz CT molecular complexity index is 719. The minimum atomic E-state index is -1.63. The molecule has 0 bridgehead atoms. The summed E-state index contributed by atoms with van der Waals surface area (Å²) in [6.07, 6.45) is -7.61. The number of nitrogens with two attached hydrogens (primary N) is 1. The number of nitrogens with one attached hydrogen (secondary N) is 4. The van der Waals surface area contributed by atoms with Gasteiger partial charge in [-0.25, -0.2) is 0 Å². The first-order valence-electron chi connectivity index (χ1n) is 9.81. The van der Waals surface area contributed by atoms with Gasteiger partial charge in [0, 0.05) is 6.54 Å². The van der Waals surface area contributed by atoms with E-state index in [4.69, 9.17) is 20.7 Å². The van der Waals surface area contributed by atoms with Gasteiger partial charge in [-0.1, -0.05) is 0 Å². The molecular formula is C17H29N5O11. The predicted octanol–water partition coefficient (Wildman–Crippen LogP) is -6.90. The highest BCUT2D eigenvalue weighted by Crippen LogP contribution is 2.23. The Morgan fingerprint density at radius 3 is 1.91 bits per heavy atom. The van der Waals surface area contributed by atoms with Crippen LogP contribution in [0.4, 0.5) is 0 Å². The van der Waals surface area contributed by atoms with Gasteiger partial charge in [0.25, 0.3) is 0 Å². The molecular weight excluding hydrogens is 450 g/mol. The summed E-state index contributed by atoms with van der Waals surface area (Å²) in [5.74, 6) is -4.24. The van der Waals surface area contributed by atoms with Crippen LogP contribution in [0.2, 0.25) is 0 Å². The number of carbonyl (C=O) groups is 5. The molecule has 11 N–H and O–H groups in total. The van der Waals surface area contributed by atoms with Crippen LogP contribution in [0, 0.1) is 0 Å². The van der Waals surface area contributed by atoms with Crippen molar-refractivity contribution >= 4 is 29.6 Å². The Labute approximate surface area is 187 Å². The number of aliphatic hydroxyl groups excluding tert-OH is 4. The molecule has 0 aromatic heterocycles. The van der Waals surface area contributed by atoms with Gasteiger partial charge in [-0.05, 0) is 0 Å². The van der Waals surface area contributed by atoms with E-state index in [2.05, 4.69) is 16.0 Å². The van der Waals surface area contributed by atoms with Crippen LogP contribution in [-0.2, 0) is 28.7 Å². The lowest BCUT2D eigenvalue weighted by Crippen LogP contribution is -2.59. The molecule has 1 saturated heterocycles. The van der Waals surface area contributed by atoms with Crippen molar-refractivity contribution < 1.29 is 54.2 Å². The van der Waals surface area contributed by atoms with Gasteiger partial charge in [0.05, 0.1) is 32.2 Å². The molecule has 6 atom stereocenters. The molecule has 1 heterocycles. The predicted molar refractivity (Wildman–Crippen MR) is 106 cm³/mol. The van der Waals surface area contributed by atoms with E-state index in [0.717, 1.165) is 0 Å². The molecule has 16 heteroatoms. The zero-order valence-corrected chi connectivity index (χ0v) is 17.5. The van der Waals surface area contributed by atoms with Gasteiger partial charge >= 0.3 is 5.97 Å². The van der Waals surface area contributed by atoms with Gasteiger partial charge in [0.2, 0.25) is 23.6 Å². The summed E-state index contributed by atoms with van der Waals surface area (Å²) in [6, 6.07) is -1.25. The lowest BCUT2D eigenvalue weighted by molar-refractivity contribution is -0.229. The molecule has 0 aromatic carbocycles. The van der Waals surface area contributed by atoms with Crippen LogP contribution in [0.3, 0.4) is 0 Å². The summed E-state index contributed by atoms with van der Waals surface area (Å²) < 4.78 is 5.20. The average molecular weight is 479 g/mol. The van der Waals surface area contributed by atoms with Crippen LogP contribution in [0.25, 0.3) is 0 Å². The third kappa shape index (κ3) is 9.64. The van der Waals surface area contributed by atoms with Gasteiger partial charge in [0.15, 0.2) is 0 Å². The molecule has 1 fully saturated rings. The first kappa shape index (κ1) is 28.1. The van der Waals surface area contributed by atoms with Crippen molar-refractivity contribution in [2.45, 2.75) is 43.0 Å². The molecule has 33 heavy (non-hydrogen) atoms. The summed E-state index contributed by atoms with van der Waals surface area (Å²) in [7, 11) is 0. The minimum absolute atomic E-state index is 0.346. The summed E-state index contributed by atoms with van der Waals surface area (Å²) >= 11 is 0. The standard InChI is InChI=1S/C17H29N5O11/c18-7(17(32)22-4-12(26)20-3-11(25)21-5-13(27)28)2-19-10(24)1-8-14(29)16(31)15(30)9(6-23)33-8/h7-9,14-16,23,29-31H,1-6,18H2,(H,19,24)(H,20,26)(H,21,25)(H,22,32)(H,27,28)/t7?,8-,9-,14+,15?,16-/m1/s1. The molecule has 0 saturated carbocycles. The SMILES string of the molecule is NC(CNC(=O)C[C@H]1O[C@H](CO)C(O)[C@H](O)[C@H]1O)C(=O)NCC(=O)NCC(=O)NCC(=O)O. The summed E-state index contributed by atoms with van der Waals surface area (Å²) in [6.45, 7) is -2.63. The fourth-order valence-corrected chi connectivity index (χ4v) is 2.70. The molecule has 2 unspecified atom stereocenters. The summed E-state index contributed by atoms with van der Waals surface area (Å²) in [4.78, 5) is 57.2. The number of hydrogen-bond donors (Lipinski definition) is 10. The zero-order chi connectivity index (χ0) is 25.1. The van der Waals surface area contributed by atoms with Gasteiger partial charge in [-0.2, -0.15) is 0 Å². The van der Waals surface area contributed by atoms with Crippen molar-refractivity contribution in [1.82, 2.24) is 21.3 Å². The topological polar surface area (TPSA) is 270 Å². The van der Waals surface area contributed by atoms with Crippen molar-refractivity contribution in [2.75, 3.05) is 32.8 Å². The largest absolute Gasteiger partial charge is 0.480 e. The Balaban J connectivity index is 2.32. The van der Waals surface area contributed by atoms with E-state index in [0.29, 0.717) is 0 Å². The second-order valence-corrected chi connectivity index (χ2v) is 7.15. The highest BCUT2D eigenvalue weighted by Gasteiger charge is 2.43. The van der Waals surface area contributed by atoms with Crippen LogP contribution >= 0.6 is 0 Å². The fraction of sp³-hybridized carbons (Fsp3) is 0.706. The molecule has 0 aliphatic carbocycles. The number of aliphatic hydroxyl groups is 4. The number of carboxylic acid groups (broad SMARTS) is 1. The van der Waals surface area contributed by atoms with E-state index in [9.17, 15) is 39.3 Å². The van der Waals surface area contributed by atoms with E-state index in [-0.39, 0.29) is 6.54 Å². The number of aliphatic carboxylic acids is 1. The second-order valence-electron chi connectivity index (χ2n) is 7.15. The maximum absolute atomic E-state index is 12.0. The molecule has 0 radical (unpaired) electrons. The highest BCUT2D eigenvalue weighted by atomic mass is 16.5. The van der Waals surface area contributed by atoms with E-state index in [1.807, 2.05) is 5.32 Å². The molecule has 1 rings (SSSR count). The number of amides is 4. The molecule has 188 valence electrons. The van der Waals surface area contributed by atoms with Crippen LogP contribution in [-0.4, -0.2) is 124 Å². The quantitative estimate of drug-likeness (QED) is 0.125. The Kier molecular flexibility index (Phi) is 11.6. The number of hydrogen-bond acceptors (Lipinski definition) is 11. The molecule has 0 aromatic rings. The first-order chi connectivity index (χ1) is 15.5.